The third-order valence-electron chi connectivity index (χ3n) is 4.40. The highest BCUT2D eigenvalue weighted by Crippen LogP contribution is 2.29. The molecule has 7 heteroatoms. The Kier molecular flexibility index (Phi) is 4.17. The first-order valence-corrected chi connectivity index (χ1v) is 7.94. The summed E-state index contributed by atoms with van der Waals surface area (Å²) in [5.41, 5.74) is 1.42. The molecule has 0 radical (unpaired) electrons. The summed E-state index contributed by atoms with van der Waals surface area (Å²) in [6.07, 6.45) is 0. The van der Waals surface area contributed by atoms with Crippen molar-refractivity contribution in [1.82, 2.24) is 9.88 Å². The number of esters is 1. The number of para-hydroxylation sites is 1. The van der Waals surface area contributed by atoms with Gasteiger partial charge in [-0.1, -0.05) is 6.07 Å². The number of ether oxygens (including phenoxy) is 1. The number of fused-ring (bicyclic) bond motifs is 1. The van der Waals surface area contributed by atoms with Crippen molar-refractivity contribution in [2.45, 2.75) is 32.9 Å². The van der Waals surface area contributed by atoms with Crippen LogP contribution in [0.25, 0.3) is 11.1 Å². The number of amides is 1. The van der Waals surface area contributed by atoms with Crippen LogP contribution in [0.4, 0.5) is 6.01 Å². The standard InChI is InChI=1S/C17H21N3O4/c1-10-8-19(12(3)21)9-11(2)20(10)17-18-15-13(16(22)23-4)6-5-7-14(15)24-17/h5-7,10-11H,8-9H2,1-4H3. The second-order valence-corrected chi connectivity index (χ2v) is 6.17. The molecule has 1 saturated heterocycles. The molecule has 0 spiro atoms. The number of piperazine rings is 1. The van der Waals surface area contributed by atoms with Crippen molar-refractivity contribution in [2.75, 3.05) is 25.1 Å². The van der Waals surface area contributed by atoms with Crippen molar-refractivity contribution in [3.05, 3.63) is 23.8 Å². The number of carbonyl (C=O) groups excluding carboxylic acids is 2. The molecular weight excluding hydrogens is 310 g/mol. The maximum absolute atomic E-state index is 11.9. The molecule has 0 N–H and O–H groups in total. The number of aromatic nitrogens is 1. The van der Waals surface area contributed by atoms with Gasteiger partial charge >= 0.3 is 5.97 Å². The van der Waals surface area contributed by atoms with Crippen LogP contribution < -0.4 is 4.90 Å². The Morgan fingerprint density at radius 2 is 1.92 bits per heavy atom. The van der Waals surface area contributed by atoms with Crippen molar-refractivity contribution in [1.29, 1.82) is 0 Å². The second kappa shape index (κ2) is 6.14. The number of oxazole rings is 1. The second-order valence-electron chi connectivity index (χ2n) is 6.17. The fourth-order valence-electron chi connectivity index (χ4n) is 3.28. The minimum Gasteiger partial charge on any atom is -0.465 e. The molecular formula is C17H21N3O4. The summed E-state index contributed by atoms with van der Waals surface area (Å²) >= 11 is 0. The molecule has 1 aromatic carbocycles. The van der Waals surface area contributed by atoms with Gasteiger partial charge in [-0.05, 0) is 26.0 Å². The van der Waals surface area contributed by atoms with Gasteiger partial charge in [0, 0.05) is 32.1 Å². The fraction of sp³-hybridized carbons (Fsp3) is 0.471. The zero-order valence-corrected chi connectivity index (χ0v) is 14.3. The van der Waals surface area contributed by atoms with Crippen LogP contribution >= 0.6 is 0 Å². The molecule has 1 aliphatic rings. The molecule has 1 aromatic heterocycles. The topological polar surface area (TPSA) is 75.9 Å². The molecule has 0 aliphatic carbocycles. The summed E-state index contributed by atoms with van der Waals surface area (Å²) in [6.45, 7) is 6.87. The quantitative estimate of drug-likeness (QED) is 0.784. The lowest BCUT2D eigenvalue weighted by Gasteiger charge is -2.43. The van der Waals surface area contributed by atoms with Crippen LogP contribution in [0.5, 0.6) is 0 Å². The Hall–Kier alpha value is -2.57. The summed E-state index contributed by atoms with van der Waals surface area (Å²) in [5, 5.41) is 0. The first-order chi connectivity index (χ1) is 11.4. The summed E-state index contributed by atoms with van der Waals surface area (Å²) in [4.78, 5) is 32.0. The Morgan fingerprint density at radius 3 is 2.50 bits per heavy atom. The molecule has 2 unspecified atom stereocenters. The van der Waals surface area contributed by atoms with Crippen LogP contribution in [0.3, 0.4) is 0 Å². The monoisotopic (exact) mass is 331 g/mol. The maximum Gasteiger partial charge on any atom is 0.340 e. The predicted octanol–water partition coefficient (Wildman–Crippen LogP) is 2.06. The van der Waals surface area contributed by atoms with Gasteiger partial charge in [-0.3, -0.25) is 4.79 Å². The number of carbonyl (C=O) groups is 2. The summed E-state index contributed by atoms with van der Waals surface area (Å²) in [5.74, 6) is -0.373. The number of nitrogens with zero attached hydrogens (tertiary/aromatic N) is 3. The Bertz CT molecular complexity index is 773. The van der Waals surface area contributed by atoms with Gasteiger partial charge in [0.1, 0.15) is 5.52 Å². The molecule has 128 valence electrons. The highest BCUT2D eigenvalue weighted by Gasteiger charge is 2.33. The van der Waals surface area contributed by atoms with Crippen molar-refractivity contribution in [3.8, 4) is 0 Å². The number of benzene rings is 1. The predicted molar refractivity (Wildman–Crippen MR) is 89.0 cm³/mol. The largest absolute Gasteiger partial charge is 0.465 e. The SMILES string of the molecule is COC(=O)c1cccc2oc(N3C(C)CN(C(C)=O)CC3C)nc12. The number of rotatable bonds is 2. The van der Waals surface area contributed by atoms with E-state index in [1.165, 1.54) is 7.11 Å². The van der Waals surface area contributed by atoms with E-state index in [0.29, 0.717) is 35.8 Å². The van der Waals surface area contributed by atoms with Crippen molar-refractivity contribution < 1.29 is 18.7 Å². The molecule has 1 amide bonds. The first-order valence-electron chi connectivity index (χ1n) is 7.94. The average Bonchev–Trinajstić information content (AvgIpc) is 2.96. The van der Waals surface area contributed by atoms with Gasteiger partial charge < -0.3 is 19.0 Å². The zero-order chi connectivity index (χ0) is 17.4. The molecule has 1 aliphatic heterocycles. The Morgan fingerprint density at radius 1 is 1.25 bits per heavy atom. The van der Waals surface area contributed by atoms with Crippen LogP contribution in [0.1, 0.15) is 31.1 Å². The lowest BCUT2D eigenvalue weighted by molar-refractivity contribution is -0.130. The van der Waals surface area contributed by atoms with Gasteiger partial charge in [-0.15, -0.1) is 0 Å². The highest BCUT2D eigenvalue weighted by atomic mass is 16.5. The van der Waals surface area contributed by atoms with Crippen molar-refractivity contribution in [2.24, 2.45) is 0 Å². The molecule has 2 aromatic rings. The van der Waals surface area contributed by atoms with Gasteiger partial charge in [0.15, 0.2) is 5.58 Å². The summed E-state index contributed by atoms with van der Waals surface area (Å²) < 4.78 is 10.7. The van der Waals surface area contributed by atoms with E-state index in [1.54, 1.807) is 25.1 Å². The normalized spacial score (nSPS) is 21.2. The van der Waals surface area contributed by atoms with Crippen LogP contribution in [0.15, 0.2) is 22.6 Å². The summed E-state index contributed by atoms with van der Waals surface area (Å²) in [6, 6.07) is 5.77. The Balaban J connectivity index is 1.98. The minimum absolute atomic E-state index is 0.0623. The Labute approximate surface area is 140 Å². The average molecular weight is 331 g/mol. The molecule has 3 rings (SSSR count). The highest BCUT2D eigenvalue weighted by molar-refractivity contribution is 6.01. The van der Waals surface area contributed by atoms with Crippen LogP contribution in [-0.2, 0) is 9.53 Å². The number of methoxy groups -OCH3 is 1. The number of hydrogen-bond donors (Lipinski definition) is 0. The van der Waals surface area contributed by atoms with Crippen molar-refractivity contribution in [3.63, 3.8) is 0 Å². The molecule has 1 fully saturated rings. The van der Waals surface area contributed by atoms with Gasteiger partial charge in [0.2, 0.25) is 5.91 Å². The maximum atomic E-state index is 11.9. The third-order valence-corrected chi connectivity index (χ3v) is 4.40. The van der Waals surface area contributed by atoms with Gasteiger partial charge in [-0.2, -0.15) is 4.98 Å². The van der Waals surface area contributed by atoms with Crippen LogP contribution in [0.2, 0.25) is 0 Å². The van der Waals surface area contributed by atoms with E-state index >= 15 is 0 Å². The van der Waals surface area contributed by atoms with Gasteiger partial charge in [0.25, 0.3) is 6.01 Å². The van der Waals surface area contributed by atoms with E-state index < -0.39 is 5.97 Å². The number of anilines is 1. The molecule has 0 bridgehead atoms. The van der Waals surface area contributed by atoms with E-state index in [0.717, 1.165) is 0 Å². The smallest absolute Gasteiger partial charge is 0.340 e. The first kappa shape index (κ1) is 16.3. The molecule has 2 heterocycles. The van der Waals surface area contributed by atoms with Crippen LogP contribution in [-0.4, -0.2) is 54.0 Å². The third kappa shape index (κ3) is 2.70. The summed E-state index contributed by atoms with van der Waals surface area (Å²) in [7, 11) is 1.34. The van der Waals surface area contributed by atoms with Crippen molar-refractivity contribution >= 4 is 29.0 Å². The lowest BCUT2D eigenvalue weighted by atomic mass is 10.1. The van der Waals surface area contributed by atoms with E-state index in [-0.39, 0.29) is 18.0 Å². The lowest BCUT2D eigenvalue weighted by Crippen LogP contribution is -2.58. The van der Waals surface area contributed by atoms with Crippen LogP contribution in [0, 0.1) is 0 Å². The van der Waals surface area contributed by atoms with E-state index in [1.807, 2.05) is 18.7 Å². The van der Waals surface area contributed by atoms with E-state index in [2.05, 4.69) is 9.88 Å². The van der Waals surface area contributed by atoms with E-state index in [4.69, 9.17) is 9.15 Å². The van der Waals surface area contributed by atoms with Gasteiger partial charge in [0.05, 0.1) is 12.7 Å². The molecule has 7 nitrogen and oxygen atoms in total. The molecule has 0 saturated carbocycles. The van der Waals surface area contributed by atoms with Gasteiger partial charge in [-0.25, -0.2) is 4.79 Å². The van der Waals surface area contributed by atoms with E-state index in [9.17, 15) is 9.59 Å². The number of hydrogen-bond acceptors (Lipinski definition) is 6. The fourth-order valence-corrected chi connectivity index (χ4v) is 3.28. The molecule has 24 heavy (non-hydrogen) atoms. The molecule has 2 atom stereocenters. The zero-order valence-electron chi connectivity index (χ0n) is 14.3. The minimum atomic E-state index is -0.442.